The number of carbonyl (C=O) groups is 1. The van der Waals surface area contributed by atoms with E-state index < -0.39 is 11.4 Å². The molecule has 5 heteroatoms. The molecule has 0 bridgehead atoms. The molecule has 0 spiro atoms. The first-order valence-corrected chi connectivity index (χ1v) is 5.63. The quantitative estimate of drug-likeness (QED) is 0.800. The second kappa shape index (κ2) is 5.09. The van der Waals surface area contributed by atoms with E-state index in [1.807, 2.05) is 6.92 Å². The van der Waals surface area contributed by atoms with Gasteiger partial charge in [-0.25, -0.2) is 4.98 Å². The predicted molar refractivity (Wildman–Crippen MR) is 60.1 cm³/mol. The summed E-state index contributed by atoms with van der Waals surface area (Å²) in [5, 5.41) is 13.3. The van der Waals surface area contributed by atoms with Crippen LogP contribution in [0.1, 0.15) is 39.4 Å². The van der Waals surface area contributed by atoms with Gasteiger partial charge < -0.3 is 5.11 Å². The first kappa shape index (κ1) is 12.7. The van der Waals surface area contributed by atoms with Crippen molar-refractivity contribution < 1.29 is 9.90 Å². The number of carboxylic acid groups (broad SMARTS) is 1. The van der Waals surface area contributed by atoms with Crippen LogP contribution >= 0.6 is 0 Å². The molecule has 1 N–H and O–H groups in total. The number of hydrogen-bond acceptors (Lipinski definition) is 3. The van der Waals surface area contributed by atoms with Crippen LogP contribution in [0, 0.1) is 5.41 Å². The van der Waals surface area contributed by atoms with Crippen molar-refractivity contribution in [3.8, 4) is 0 Å². The monoisotopic (exact) mass is 225 g/mol. The zero-order valence-electron chi connectivity index (χ0n) is 10.1. The molecule has 1 atom stereocenters. The Kier molecular flexibility index (Phi) is 4.04. The molecule has 1 unspecified atom stereocenters. The van der Waals surface area contributed by atoms with E-state index in [1.165, 1.54) is 6.33 Å². The molecule has 0 aliphatic rings. The first-order valence-electron chi connectivity index (χ1n) is 5.63. The number of carboxylic acids is 1. The van der Waals surface area contributed by atoms with E-state index in [0.29, 0.717) is 12.8 Å². The van der Waals surface area contributed by atoms with Gasteiger partial charge in [-0.1, -0.05) is 13.8 Å². The normalized spacial score (nSPS) is 14.7. The Hall–Kier alpha value is -1.39. The zero-order chi connectivity index (χ0) is 12.2. The SMILES string of the molecule is CCCn1ncnc1CC(C)(CC)C(=O)O. The van der Waals surface area contributed by atoms with Gasteiger partial charge in [-0.3, -0.25) is 9.48 Å². The van der Waals surface area contributed by atoms with Crippen molar-refractivity contribution in [3.63, 3.8) is 0 Å². The molecule has 16 heavy (non-hydrogen) atoms. The van der Waals surface area contributed by atoms with E-state index in [0.717, 1.165) is 18.8 Å². The third-order valence-corrected chi connectivity index (χ3v) is 2.98. The smallest absolute Gasteiger partial charge is 0.309 e. The van der Waals surface area contributed by atoms with Gasteiger partial charge >= 0.3 is 5.97 Å². The molecule has 90 valence electrons. The fraction of sp³-hybridized carbons (Fsp3) is 0.727. The molecule has 0 aromatic carbocycles. The molecule has 1 heterocycles. The average molecular weight is 225 g/mol. The standard InChI is InChI=1S/C11H19N3O2/c1-4-6-14-9(12-8-13-14)7-11(3,5-2)10(15)16/h8H,4-7H2,1-3H3,(H,15,16). The van der Waals surface area contributed by atoms with Crippen LogP contribution in [-0.4, -0.2) is 25.8 Å². The fourth-order valence-corrected chi connectivity index (χ4v) is 1.52. The summed E-state index contributed by atoms with van der Waals surface area (Å²) in [4.78, 5) is 15.3. The fourth-order valence-electron chi connectivity index (χ4n) is 1.52. The topological polar surface area (TPSA) is 68.0 Å². The molecule has 0 amide bonds. The summed E-state index contributed by atoms with van der Waals surface area (Å²) in [5.74, 6) is -0.0188. The second-order valence-corrected chi connectivity index (χ2v) is 4.30. The van der Waals surface area contributed by atoms with Crippen LogP contribution in [-0.2, 0) is 17.8 Å². The Bertz CT molecular complexity index is 362. The average Bonchev–Trinajstić information content (AvgIpc) is 2.66. The lowest BCUT2D eigenvalue weighted by Gasteiger charge is -2.22. The van der Waals surface area contributed by atoms with Crippen molar-refractivity contribution in [1.29, 1.82) is 0 Å². The summed E-state index contributed by atoms with van der Waals surface area (Å²) in [7, 11) is 0. The van der Waals surface area contributed by atoms with Gasteiger partial charge in [0.1, 0.15) is 12.2 Å². The summed E-state index contributed by atoms with van der Waals surface area (Å²) < 4.78 is 1.79. The summed E-state index contributed by atoms with van der Waals surface area (Å²) in [6, 6.07) is 0. The van der Waals surface area contributed by atoms with Crippen LogP contribution in [0.4, 0.5) is 0 Å². The maximum absolute atomic E-state index is 11.2. The maximum Gasteiger partial charge on any atom is 0.309 e. The third-order valence-electron chi connectivity index (χ3n) is 2.98. The van der Waals surface area contributed by atoms with Gasteiger partial charge in [0, 0.05) is 13.0 Å². The molecule has 1 rings (SSSR count). The summed E-state index contributed by atoms with van der Waals surface area (Å²) in [5.41, 5.74) is -0.751. The number of aromatic nitrogens is 3. The molecule has 0 saturated heterocycles. The first-order chi connectivity index (χ1) is 7.53. The Morgan fingerprint density at radius 3 is 2.75 bits per heavy atom. The highest BCUT2D eigenvalue weighted by Gasteiger charge is 2.33. The Labute approximate surface area is 95.5 Å². The van der Waals surface area contributed by atoms with Gasteiger partial charge in [-0.2, -0.15) is 5.10 Å². The zero-order valence-corrected chi connectivity index (χ0v) is 10.1. The lowest BCUT2D eigenvalue weighted by atomic mass is 9.84. The Balaban J connectivity index is 2.85. The predicted octanol–water partition coefficient (Wildman–Crippen LogP) is 1.73. The summed E-state index contributed by atoms with van der Waals surface area (Å²) in [6.07, 6.45) is 3.47. The molecule has 0 radical (unpaired) electrons. The van der Waals surface area contributed by atoms with Crippen LogP contribution in [0.2, 0.25) is 0 Å². The van der Waals surface area contributed by atoms with E-state index in [2.05, 4.69) is 17.0 Å². The molecular formula is C11H19N3O2. The van der Waals surface area contributed by atoms with Crippen molar-refractivity contribution in [2.45, 2.75) is 46.6 Å². The molecule has 5 nitrogen and oxygen atoms in total. The largest absolute Gasteiger partial charge is 0.481 e. The van der Waals surface area contributed by atoms with Gasteiger partial charge in [0.15, 0.2) is 0 Å². The van der Waals surface area contributed by atoms with Crippen LogP contribution < -0.4 is 0 Å². The van der Waals surface area contributed by atoms with Crippen LogP contribution in [0.25, 0.3) is 0 Å². The van der Waals surface area contributed by atoms with Crippen molar-refractivity contribution in [2.24, 2.45) is 5.41 Å². The highest BCUT2D eigenvalue weighted by Crippen LogP contribution is 2.25. The second-order valence-electron chi connectivity index (χ2n) is 4.30. The van der Waals surface area contributed by atoms with Crippen LogP contribution in [0.15, 0.2) is 6.33 Å². The number of aryl methyl sites for hydroxylation is 1. The molecule has 1 aromatic heterocycles. The molecule has 0 aliphatic carbocycles. The van der Waals surface area contributed by atoms with Gasteiger partial charge in [0.2, 0.25) is 0 Å². The maximum atomic E-state index is 11.2. The molecule has 0 saturated carbocycles. The van der Waals surface area contributed by atoms with Crippen molar-refractivity contribution >= 4 is 5.97 Å². The summed E-state index contributed by atoms with van der Waals surface area (Å²) >= 11 is 0. The Morgan fingerprint density at radius 2 is 2.25 bits per heavy atom. The lowest BCUT2D eigenvalue weighted by molar-refractivity contribution is -0.148. The van der Waals surface area contributed by atoms with Gasteiger partial charge in [0.05, 0.1) is 5.41 Å². The van der Waals surface area contributed by atoms with E-state index in [-0.39, 0.29) is 0 Å². The van der Waals surface area contributed by atoms with Crippen molar-refractivity contribution in [2.75, 3.05) is 0 Å². The number of rotatable bonds is 6. The Morgan fingerprint density at radius 1 is 1.56 bits per heavy atom. The van der Waals surface area contributed by atoms with Crippen molar-refractivity contribution in [1.82, 2.24) is 14.8 Å². The molecule has 1 aromatic rings. The lowest BCUT2D eigenvalue weighted by Crippen LogP contribution is -2.30. The molecule has 0 aliphatic heterocycles. The number of hydrogen-bond donors (Lipinski definition) is 1. The number of nitrogens with zero attached hydrogens (tertiary/aromatic N) is 3. The van der Waals surface area contributed by atoms with E-state index in [1.54, 1.807) is 11.6 Å². The third kappa shape index (κ3) is 2.59. The molecule has 0 fully saturated rings. The minimum Gasteiger partial charge on any atom is -0.481 e. The van der Waals surface area contributed by atoms with Gasteiger partial charge in [-0.15, -0.1) is 0 Å². The minimum atomic E-state index is -0.777. The van der Waals surface area contributed by atoms with Gasteiger partial charge in [0.25, 0.3) is 0 Å². The van der Waals surface area contributed by atoms with E-state index >= 15 is 0 Å². The van der Waals surface area contributed by atoms with E-state index in [9.17, 15) is 9.90 Å². The number of aliphatic carboxylic acids is 1. The van der Waals surface area contributed by atoms with Crippen molar-refractivity contribution in [3.05, 3.63) is 12.2 Å². The van der Waals surface area contributed by atoms with E-state index in [4.69, 9.17) is 0 Å². The van der Waals surface area contributed by atoms with Crippen LogP contribution in [0.5, 0.6) is 0 Å². The minimum absolute atomic E-state index is 0.429. The highest BCUT2D eigenvalue weighted by atomic mass is 16.4. The summed E-state index contributed by atoms with van der Waals surface area (Å²) in [6.45, 7) is 6.48. The highest BCUT2D eigenvalue weighted by molar-refractivity contribution is 5.74. The molecular weight excluding hydrogens is 206 g/mol. The van der Waals surface area contributed by atoms with Crippen LogP contribution in [0.3, 0.4) is 0 Å². The van der Waals surface area contributed by atoms with Gasteiger partial charge in [-0.05, 0) is 19.8 Å².